The molecule has 1 aliphatic carbocycles. The molecule has 0 amide bonds. The molecule has 7 heteroatoms. The summed E-state index contributed by atoms with van der Waals surface area (Å²) in [5, 5.41) is 0. The predicted octanol–water partition coefficient (Wildman–Crippen LogP) is 2.70. The minimum atomic E-state index is -2.52. The molecule has 0 aromatic heterocycles. The zero-order chi connectivity index (χ0) is 12.6. The van der Waals surface area contributed by atoms with Gasteiger partial charge < -0.3 is 13.0 Å². The van der Waals surface area contributed by atoms with Crippen molar-refractivity contribution < 1.29 is 13.0 Å². The molecule has 0 N–H and O–H groups in total. The molecule has 3 radical (unpaired) electrons. The predicted molar refractivity (Wildman–Crippen MR) is 75.3 cm³/mol. The summed E-state index contributed by atoms with van der Waals surface area (Å²) in [6.07, 6.45) is 6.46. The molecule has 0 aromatic carbocycles. The van der Waals surface area contributed by atoms with Gasteiger partial charge in [-0.15, -0.1) is 0 Å². The lowest BCUT2D eigenvalue weighted by Gasteiger charge is -2.31. The summed E-state index contributed by atoms with van der Waals surface area (Å²) in [6, 6.07) is 0.783. The van der Waals surface area contributed by atoms with E-state index in [0.717, 1.165) is 6.04 Å². The van der Waals surface area contributed by atoms with E-state index in [-0.39, 0.29) is 0 Å². The van der Waals surface area contributed by atoms with E-state index in [1.165, 1.54) is 32.1 Å². The fraction of sp³-hybridized carbons (Fsp3) is 1.00. The van der Waals surface area contributed by atoms with Gasteiger partial charge in [0.05, 0.1) is 0 Å². The molecule has 3 nitrogen and oxygen atoms in total. The Bertz CT molecular complexity index is 197. The van der Waals surface area contributed by atoms with Gasteiger partial charge in [0.2, 0.25) is 0 Å². The first kappa shape index (κ1) is 15.3. The molecule has 0 bridgehead atoms. The zero-order valence-corrected chi connectivity index (χ0v) is 12.3. The lowest BCUT2D eigenvalue weighted by atomic mass is 9.71. The molecule has 1 rings (SSSR count). The minimum Gasteiger partial charge on any atom is -0.441 e. The molecule has 0 spiro atoms. The Morgan fingerprint density at radius 3 is 2.06 bits per heavy atom. The van der Waals surface area contributed by atoms with Crippen molar-refractivity contribution in [3.63, 3.8) is 0 Å². The maximum atomic E-state index is 5.91. The van der Waals surface area contributed by atoms with Crippen molar-refractivity contribution in [2.75, 3.05) is 0 Å². The van der Waals surface area contributed by atoms with E-state index in [2.05, 4.69) is 0 Å². The largest absolute Gasteiger partial charge is 0.454 e. The molecular formula is C10H22B3O3Si. The highest BCUT2D eigenvalue weighted by Crippen LogP contribution is 2.29. The lowest BCUT2D eigenvalue weighted by molar-refractivity contribution is 0.278. The van der Waals surface area contributed by atoms with Crippen LogP contribution in [-0.4, -0.2) is 31.3 Å². The van der Waals surface area contributed by atoms with Crippen LogP contribution in [0.1, 0.15) is 39.0 Å². The highest BCUT2D eigenvalue weighted by molar-refractivity contribution is 6.73. The topological polar surface area (TPSA) is 27.7 Å². The zero-order valence-electron chi connectivity index (χ0n) is 11.3. The van der Waals surface area contributed by atoms with Crippen molar-refractivity contribution in [1.82, 2.24) is 0 Å². The number of rotatable bonds is 8. The molecule has 0 unspecified atom stereocenters. The maximum Gasteiger partial charge on any atom is 0.454 e. The van der Waals surface area contributed by atoms with E-state index in [4.69, 9.17) is 13.0 Å². The van der Waals surface area contributed by atoms with Crippen molar-refractivity contribution in [1.29, 1.82) is 0 Å². The quantitative estimate of drug-likeness (QED) is 0.620. The Labute approximate surface area is 109 Å². The van der Waals surface area contributed by atoms with Crippen LogP contribution in [0, 0.1) is 0 Å². The number of hydrogen-bond donors (Lipinski definition) is 0. The molecule has 0 saturated heterocycles. The van der Waals surface area contributed by atoms with Gasteiger partial charge in [0, 0.05) is 6.04 Å². The smallest absolute Gasteiger partial charge is 0.441 e. The Morgan fingerprint density at radius 2 is 1.59 bits per heavy atom. The van der Waals surface area contributed by atoms with Crippen LogP contribution in [0.25, 0.3) is 0 Å². The van der Waals surface area contributed by atoms with Crippen LogP contribution in [0.2, 0.25) is 25.5 Å². The first-order valence-electron chi connectivity index (χ1n) is 6.68. The lowest BCUT2D eigenvalue weighted by Crippen LogP contribution is -2.48. The second-order valence-corrected chi connectivity index (χ2v) is 7.18. The molecule has 0 atom stereocenters. The molecule has 0 aliphatic heterocycles. The van der Waals surface area contributed by atoms with Gasteiger partial charge in [-0.05, 0) is 5.82 Å². The average molecular weight is 251 g/mol. The molecule has 1 saturated carbocycles. The Morgan fingerprint density at radius 1 is 1.00 bits per heavy atom. The second kappa shape index (κ2) is 8.40. The molecule has 1 aliphatic rings. The Kier molecular flexibility index (Phi) is 7.59. The van der Waals surface area contributed by atoms with Crippen LogP contribution in [0.5, 0.6) is 0 Å². The van der Waals surface area contributed by atoms with Crippen molar-refractivity contribution in [3.8, 4) is 0 Å². The van der Waals surface area contributed by atoms with E-state index in [0.29, 0.717) is 5.82 Å². The summed E-state index contributed by atoms with van der Waals surface area (Å²) >= 11 is 0. The highest BCUT2D eigenvalue weighted by Gasteiger charge is 2.37. The van der Waals surface area contributed by atoms with Crippen molar-refractivity contribution in [2.24, 2.45) is 0 Å². The maximum absolute atomic E-state index is 5.91. The molecule has 17 heavy (non-hydrogen) atoms. The van der Waals surface area contributed by atoms with Gasteiger partial charge in [-0.3, -0.25) is 0 Å². The van der Waals surface area contributed by atoms with Gasteiger partial charge in [-0.1, -0.05) is 52.7 Å². The molecular weight excluding hydrogens is 229 g/mol. The summed E-state index contributed by atoms with van der Waals surface area (Å²) in [7, 11) is 2.80. The molecule has 0 heterocycles. The molecule has 1 fully saturated rings. The first-order chi connectivity index (χ1) is 8.26. The fourth-order valence-electron chi connectivity index (χ4n) is 2.16. The van der Waals surface area contributed by atoms with E-state index in [1.54, 1.807) is 15.0 Å². The van der Waals surface area contributed by atoms with Gasteiger partial charge in [0.1, 0.15) is 0 Å². The van der Waals surface area contributed by atoms with Gasteiger partial charge in [0.15, 0.2) is 0 Å². The summed E-state index contributed by atoms with van der Waals surface area (Å²) < 4.78 is 17.1. The van der Waals surface area contributed by atoms with Crippen molar-refractivity contribution >= 4 is 31.3 Å². The third-order valence-corrected chi connectivity index (χ3v) is 5.67. The fourth-order valence-corrected chi connectivity index (χ4v) is 3.95. The van der Waals surface area contributed by atoms with Crippen LogP contribution in [-0.2, 0) is 13.0 Å². The van der Waals surface area contributed by atoms with Crippen LogP contribution in [0.4, 0.5) is 0 Å². The van der Waals surface area contributed by atoms with Gasteiger partial charge in [0.25, 0.3) is 22.4 Å². The Hall–Kier alpha value is 0.292. The van der Waals surface area contributed by atoms with Crippen LogP contribution < -0.4 is 0 Å². The second-order valence-electron chi connectivity index (χ2n) is 4.40. The van der Waals surface area contributed by atoms with E-state index < -0.39 is 8.80 Å². The highest BCUT2D eigenvalue weighted by atomic mass is 28.4. The standard InChI is InChI=1S/C10H22B3O3Si/c1-4-17(14-11-2,15-12-3)16-13-10-8-6-5-7-9-10/h10H,4-9H2,1-3H3. The first-order valence-corrected chi connectivity index (χ1v) is 8.62. The van der Waals surface area contributed by atoms with Crippen LogP contribution >= 0.6 is 0 Å². The average Bonchev–Trinajstić information content (AvgIpc) is 2.38. The summed E-state index contributed by atoms with van der Waals surface area (Å²) in [6.45, 7) is 5.77. The summed E-state index contributed by atoms with van der Waals surface area (Å²) in [5.41, 5.74) is 0. The van der Waals surface area contributed by atoms with Gasteiger partial charge in [-0.2, -0.15) is 0 Å². The van der Waals surface area contributed by atoms with Gasteiger partial charge >= 0.3 is 8.80 Å². The molecule has 93 valence electrons. The molecule has 0 aromatic rings. The summed E-state index contributed by atoms with van der Waals surface area (Å²) in [4.78, 5) is 0. The van der Waals surface area contributed by atoms with E-state index in [1.807, 2.05) is 28.1 Å². The summed E-state index contributed by atoms with van der Waals surface area (Å²) in [5.74, 6) is 0.572. The van der Waals surface area contributed by atoms with Crippen molar-refractivity contribution in [2.45, 2.75) is 64.5 Å². The third kappa shape index (κ3) is 5.20. The van der Waals surface area contributed by atoms with Crippen LogP contribution in [0.15, 0.2) is 0 Å². The normalized spacial score (nSPS) is 17.8. The third-order valence-electron chi connectivity index (χ3n) is 3.12. The minimum absolute atomic E-state index is 0.572. The SMILES string of the molecule is C[B]O[Si](CC)(O[B]C)O[B]C1CCCCC1. The van der Waals surface area contributed by atoms with Gasteiger partial charge in [-0.25, -0.2) is 0 Å². The Balaban J connectivity index is 2.40. The van der Waals surface area contributed by atoms with Crippen LogP contribution in [0.3, 0.4) is 0 Å². The number of hydrogen-bond acceptors (Lipinski definition) is 3. The van der Waals surface area contributed by atoms with E-state index >= 15 is 0 Å². The van der Waals surface area contributed by atoms with E-state index in [9.17, 15) is 0 Å². The monoisotopic (exact) mass is 251 g/mol. The van der Waals surface area contributed by atoms with Crippen molar-refractivity contribution in [3.05, 3.63) is 0 Å².